The molecule has 2 aromatic carbocycles. The summed E-state index contributed by atoms with van der Waals surface area (Å²) < 4.78 is 49.2. The van der Waals surface area contributed by atoms with Crippen LogP contribution in [0.25, 0.3) is 11.4 Å². The topological polar surface area (TPSA) is 69.4 Å². The third kappa shape index (κ3) is 3.30. The van der Waals surface area contributed by atoms with Gasteiger partial charge in [-0.3, -0.25) is 4.79 Å². The second kappa shape index (κ2) is 6.76. The molecule has 0 bridgehead atoms. The summed E-state index contributed by atoms with van der Waals surface area (Å²) >= 11 is 0. The molecule has 6 nitrogen and oxygen atoms in total. The van der Waals surface area contributed by atoms with Crippen molar-refractivity contribution < 1.29 is 22.7 Å². The lowest BCUT2D eigenvalue weighted by atomic mass is 10.0. The maximum Gasteiger partial charge on any atom is 0.277 e. The lowest BCUT2D eigenvalue weighted by Gasteiger charge is -2.27. The van der Waals surface area contributed by atoms with Crippen molar-refractivity contribution in [1.82, 2.24) is 14.8 Å². The molecule has 0 N–H and O–H groups in total. The SMILES string of the molecule is CC(C)(Oc1c(F)cc(F)cc1F)c1nnc(-c2ccc3c(c2)C=NC3=O)n1C1CC1. The van der Waals surface area contributed by atoms with Crippen molar-refractivity contribution in [3.05, 3.63) is 64.7 Å². The molecular formula is C22H17F3N4O2. The third-order valence-corrected chi connectivity index (χ3v) is 5.33. The van der Waals surface area contributed by atoms with Gasteiger partial charge in [0.1, 0.15) is 5.82 Å². The number of aliphatic imine (C=N–C) groups is 1. The van der Waals surface area contributed by atoms with Crippen LogP contribution in [0.5, 0.6) is 5.75 Å². The van der Waals surface area contributed by atoms with Gasteiger partial charge in [0.15, 0.2) is 34.6 Å². The van der Waals surface area contributed by atoms with Crippen LogP contribution in [0.4, 0.5) is 13.2 Å². The molecule has 0 saturated heterocycles. The first-order chi connectivity index (χ1) is 14.7. The summed E-state index contributed by atoms with van der Waals surface area (Å²) in [5, 5.41) is 8.59. The molecule has 1 saturated carbocycles. The molecule has 1 amide bonds. The molecule has 3 aromatic rings. The summed E-state index contributed by atoms with van der Waals surface area (Å²) in [5.74, 6) is -3.31. The highest BCUT2D eigenvalue weighted by Crippen LogP contribution is 2.42. The number of hydrogen-bond donors (Lipinski definition) is 0. The smallest absolute Gasteiger partial charge is 0.277 e. The van der Waals surface area contributed by atoms with Crippen LogP contribution < -0.4 is 4.74 Å². The summed E-state index contributed by atoms with van der Waals surface area (Å²) in [6.07, 6.45) is 3.31. The summed E-state index contributed by atoms with van der Waals surface area (Å²) in [4.78, 5) is 15.5. The normalized spacial score (nSPS) is 15.5. The van der Waals surface area contributed by atoms with Crippen LogP contribution >= 0.6 is 0 Å². The predicted molar refractivity (Wildman–Crippen MR) is 106 cm³/mol. The molecule has 1 aromatic heterocycles. The van der Waals surface area contributed by atoms with E-state index < -0.39 is 28.8 Å². The Morgan fingerprint density at radius 1 is 1.06 bits per heavy atom. The maximum atomic E-state index is 14.2. The molecule has 158 valence electrons. The predicted octanol–water partition coefficient (Wildman–Crippen LogP) is 4.58. The van der Waals surface area contributed by atoms with Crippen LogP contribution in [0.1, 0.15) is 54.5 Å². The Balaban J connectivity index is 1.56. The van der Waals surface area contributed by atoms with Gasteiger partial charge in [0.2, 0.25) is 0 Å². The van der Waals surface area contributed by atoms with Crippen LogP contribution in [0.2, 0.25) is 0 Å². The molecule has 1 fully saturated rings. The number of amides is 1. The van der Waals surface area contributed by atoms with E-state index >= 15 is 0 Å². The van der Waals surface area contributed by atoms with Crippen LogP contribution in [0, 0.1) is 17.5 Å². The number of carbonyl (C=O) groups is 1. The quantitative estimate of drug-likeness (QED) is 0.599. The van der Waals surface area contributed by atoms with E-state index in [9.17, 15) is 18.0 Å². The van der Waals surface area contributed by atoms with Gasteiger partial charge in [-0.1, -0.05) is 6.07 Å². The fraction of sp³-hybridized carbons (Fsp3) is 0.273. The van der Waals surface area contributed by atoms with E-state index in [-0.39, 0.29) is 11.9 Å². The Labute approximate surface area is 175 Å². The maximum absolute atomic E-state index is 14.2. The van der Waals surface area contributed by atoms with Crippen LogP contribution in [0.15, 0.2) is 35.3 Å². The lowest BCUT2D eigenvalue weighted by Crippen LogP contribution is -2.30. The van der Waals surface area contributed by atoms with Crippen LogP contribution in [-0.4, -0.2) is 26.9 Å². The average molecular weight is 426 g/mol. The minimum Gasteiger partial charge on any atom is -0.474 e. The first-order valence-corrected chi connectivity index (χ1v) is 9.76. The van der Waals surface area contributed by atoms with Crippen molar-refractivity contribution in [1.29, 1.82) is 0 Å². The summed E-state index contributed by atoms with van der Waals surface area (Å²) in [7, 11) is 0. The number of benzene rings is 2. The summed E-state index contributed by atoms with van der Waals surface area (Å²) in [6.45, 7) is 3.24. The molecule has 9 heteroatoms. The number of aromatic nitrogens is 3. The second-order valence-electron chi connectivity index (χ2n) is 8.12. The first kappa shape index (κ1) is 19.5. The highest BCUT2D eigenvalue weighted by atomic mass is 19.1. The van der Waals surface area contributed by atoms with E-state index in [2.05, 4.69) is 15.2 Å². The van der Waals surface area contributed by atoms with Gasteiger partial charge in [-0.05, 0) is 38.8 Å². The summed E-state index contributed by atoms with van der Waals surface area (Å²) in [6, 6.07) is 6.53. The van der Waals surface area contributed by atoms with Crippen molar-refractivity contribution in [2.24, 2.45) is 4.99 Å². The fourth-order valence-electron chi connectivity index (χ4n) is 3.71. The zero-order valence-electron chi connectivity index (χ0n) is 16.7. The Bertz CT molecular complexity index is 1240. The number of hydrogen-bond acceptors (Lipinski definition) is 4. The Morgan fingerprint density at radius 2 is 1.77 bits per heavy atom. The number of fused-ring (bicyclic) bond motifs is 1. The zero-order chi connectivity index (χ0) is 21.9. The Kier molecular flexibility index (Phi) is 4.25. The molecule has 0 atom stereocenters. The van der Waals surface area contributed by atoms with Gasteiger partial charge >= 0.3 is 0 Å². The fourth-order valence-corrected chi connectivity index (χ4v) is 3.71. The van der Waals surface area contributed by atoms with Gasteiger partial charge in [-0.25, -0.2) is 18.2 Å². The number of halogens is 3. The van der Waals surface area contributed by atoms with Crippen molar-refractivity contribution >= 4 is 12.1 Å². The van der Waals surface area contributed by atoms with Gasteiger partial charge in [0, 0.05) is 35.5 Å². The second-order valence-corrected chi connectivity index (χ2v) is 8.12. The van der Waals surface area contributed by atoms with Gasteiger partial charge in [0.25, 0.3) is 5.91 Å². The van der Waals surface area contributed by atoms with E-state index in [1.807, 2.05) is 10.6 Å². The van der Waals surface area contributed by atoms with Crippen molar-refractivity contribution in [3.8, 4) is 17.1 Å². The first-order valence-electron chi connectivity index (χ1n) is 9.76. The van der Waals surface area contributed by atoms with E-state index in [1.165, 1.54) is 6.21 Å². The van der Waals surface area contributed by atoms with Crippen molar-refractivity contribution in [2.45, 2.75) is 38.3 Å². The van der Waals surface area contributed by atoms with E-state index in [0.29, 0.717) is 34.9 Å². The van der Waals surface area contributed by atoms with Gasteiger partial charge in [-0.2, -0.15) is 0 Å². The van der Waals surface area contributed by atoms with Crippen LogP contribution in [-0.2, 0) is 5.60 Å². The standard InChI is InChI=1S/C22H17F3N4O2/c1-22(2,31-18-16(24)8-13(23)9-17(18)25)21-28-27-19(29(21)14-4-5-14)11-3-6-15-12(7-11)10-26-20(15)30/h3,6-10,14H,4-5H2,1-2H3. The van der Waals surface area contributed by atoms with E-state index in [1.54, 1.807) is 26.0 Å². The number of carbonyl (C=O) groups excluding carboxylic acids is 1. The van der Waals surface area contributed by atoms with Gasteiger partial charge in [-0.15, -0.1) is 10.2 Å². The molecule has 0 radical (unpaired) electrons. The zero-order valence-corrected chi connectivity index (χ0v) is 16.7. The molecule has 31 heavy (non-hydrogen) atoms. The lowest BCUT2D eigenvalue weighted by molar-refractivity contribution is 0.0822. The summed E-state index contributed by atoms with van der Waals surface area (Å²) in [5.41, 5.74) is 0.690. The largest absolute Gasteiger partial charge is 0.474 e. The average Bonchev–Trinajstić information content (AvgIpc) is 3.34. The minimum absolute atomic E-state index is 0.120. The molecule has 5 rings (SSSR count). The minimum atomic E-state index is -1.26. The monoisotopic (exact) mass is 426 g/mol. The molecule has 1 aliphatic heterocycles. The van der Waals surface area contributed by atoms with Crippen molar-refractivity contribution in [2.75, 3.05) is 0 Å². The highest BCUT2D eigenvalue weighted by molar-refractivity contribution is 6.13. The number of ether oxygens (including phenoxy) is 1. The Morgan fingerprint density at radius 3 is 2.45 bits per heavy atom. The van der Waals surface area contributed by atoms with Gasteiger partial charge < -0.3 is 9.30 Å². The van der Waals surface area contributed by atoms with Crippen molar-refractivity contribution in [3.63, 3.8) is 0 Å². The third-order valence-electron chi connectivity index (χ3n) is 5.33. The van der Waals surface area contributed by atoms with E-state index in [4.69, 9.17) is 4.74 Å². The molecular weight excluding hydrogens is 409 g/mol. The Hall–Kier alpha value is -3.49. The molecule has 1 aliphatic carbocycles. The molecule has 2 heterocycles. The van der Waals surface area contributed by atoms with Gasteiger partial charge in [0.05, 0.1) is 5.56 Å². The highest BCUT2D eigenvalue weighted by Gasteiger charge is 2.38. The number of nitrogens with zero attached hydrogens (tertiary/aromatic N) is 4. The molecule has 2 aliphatic rings. The van der Waals surface area contributed by atoms with Crippen LogP contribution in [0.3, 0.4) is 0 Å². The molecule has 0 unspecified atom stereocenters. The number of rotatable bonds is 5. The molecule has 0 spiro atoms. The van der Waals surface area contributed by atoms with E-state index in [0.717, 1.165) is 18.4 Å².